The van der Waals surface area contributed by atoms with Crippen molar-refractivity contribution in [2.75, 3.05) is 38.2 Å². The van der Waals surface area contributed by atoms with Gasteiger partial charge in [-0.1, -0.05) is 0 Å². The van der Waals surface area contributed by atoms with E-state index < -0.39 is 4.92 Å². The molecule has 2 aromatic carbocycles. The molecule has 7 heteroatoms. The van der Waals surface area contributed by atoms with Crippen molar-refractivity contribution in [3.8, 4) is 5.75 Å². The molecule has 1 aliphatic heterocycles. The zero-order valence-corrected chi connectivity index (χ0v) is 13.9. The Morgan fingerprint density at radius 3 is 2.12 bits per heavy atom. The van der Waals surface area contributed by atoms with Crippen LogP contribution >= 0.6 is 0 Å². The van der Waals surface area contributed by atoms with Crippen molar-refractivity contribution in [2.45, 2.75) is 0 Å². The number of rotatable bonds is 4. The Morgan fingerprint density at radius 2 is 1.60 bits per heavy atom. The molecule has 25 heavy (non-hydrogen) atoms. The highest BCUT2D eigenvalue weighted by atomic mass is 16.6. The van der Waals surface area contributed by atoms with E-state index in [2.05, 4.69) is 4.90 Å². The van der Waals surface area contributed by atoms with Gasteiger partial charge in [-0.3, -0.25) is 14.9 Å². The van der Waals surface area contributed by atoms with Gasteiger partial charge in [0.15, 0.2) is 0 Å². The number of piperazine rings is 1. The predicted molar refractivity (Wildman–Crippen MR) is 94.2 cm³/mol. The van der Waals surface area contributed by atoms with Crippen LogP contribution in [0.15, 0.2) is 48.5 Å². The number of non-ortho nitro benzene ring substituents is 1. The SMILES string of the molecule is COc1ccc(C(=O)N2CCN(c3ccc([N+](=O)[O-])cc3)CC2)cc1. The second-order valence-corrected chi connectivity index (χ2v) is 5.78. The van der Waals surface area contributed by atoms with Gasteiger partial charge in [0, 0.05) is 49.6 Å². The normalized spacial score (nSPS) is 14.3. The van der Waals surface area contributed by atoms with Crippen LogP contribution in [0.3, 0.4) is 0 Å². The Kier molecular flexibility index (Phi) is 4.83. The van der Waals surface area contributed by atoms with Crippen molar-refractivity contribution >= 4 is 17.3 Å². The first-order valence-electron chi connectivity index (χ1n) is 8.01. The molecule has 0 spiro atoms. The first-order chi connectivity index (χ1) is 12.1. The van der Waals surface area contributed by atoms with Gasteiger partial charge in [-0.15, -0.1) is 0 Å². The lowest BCUT2D eigenvalue weighted by Gasteiger charge is -2.36. The highest BCUT2D eigenvalue weighted by Gasteiger charge is 2.22. The molecule has 1 heterocycles. The van der Waals surface area contributed by atoms with Gasteiger partial charge < -0.3 is 14.5 Å². The lowest BCUT2D eigenvalue weighted by molar-refractivity contribution is -0.384. The van der Waals surface area contributed by atoms with E-state index in [1.165, 1.54) is 12.1 Å². The number of amides is 1. The maximum Gasteiger partial charge on any atom is 0.269 e. The molecular formula is C18H19N3O4. The molecule has 0 atom stereocenters. The van der Waals surface area contributed by atoms with E-state index in [0.717, 1.165) is 11.4 Å². The van der Waals surface area contributed by atoms with E-state index in [9.17, 15) is 14.9 Å². The summed E-state index contributed by atoms with van der Waals surface area (Å²) < 4.78 is 5.11. The van der Waals surface area contributed by atoms with Crippen LogP contribution in [0, 0.1) is 10.1 Å². The fraction of sp³-hybridized carbons (Fsp3) is 0.278. The summed E-state index contributed by atoms with van der Waals surface area (Å²) in [6, 6.07) is 13.6. The van der Waals surface area contributed by atoms with Crippen LogP contribution in [0.4, 0.5) is 11.4 Å². The Hall–Kier alpha value is -3.09. The number of nitro groups is 1. The van der Waals surface area contributed by atoms with E-state index in [4.69, 9.17) is 4.74 Å². The van der Waals surface area contributed by atoms with E-state index in [1.807, 2.05) is 4.90 Å². The molecule has 1 fully saturated rings. The standard InChI is InChI=1S/C18H19N3O4/c1-25-17-8-2-14(3-9-17)18(22)20-12-10-19(11-13-20)15-4-6-16(7-5-15)21(23)24/h2-9H,10-13H2,1H3. The number of ether oxygens (including phenoxy) is 1. The summed E-state index contributed by atoms with van der Waals surface area (Å²) in [6.07, 6.45) is 0. The molecule has 0 unspecified atom stereocenters. The van der Waals surface area contributed by atoms with Gasteiger partial charge in [0.1, 0.15) is 5.75 Å². The number of carbonyl (C=O) groups excluding carboxylic acids is 1. The van der Waals surface area contributed by atoms with Crippen molar-refractivity contribution in [1.29, 1.82) is 0 Å². The maximum absolute atomic E-state index is 12.6. The Bertz CT molecular complexity index is 751. The number of benzene rings is 2. The van der Waals surface area contributed by atoms with Gasteiger partial charge in [-0.25, -0.2) is 0 Å². The summed E-state index contributed by atoms with van der Waals surface area (Å²) in [5, 5.41) is 10.7. The van der Waals surface area contributed by atoms with Gasteiger partial charge in [0.2, 0.25) is 0 Å². The summed E-state index contributed by atoms with van der Waals surface area (Å²) >= 11 is 0. The molecule has 0 bridgehead atoms. The molecule has 130 valence electrons. The summed E-state index contributed by atoms with van der Waals surface area (Å²) in [7, 11) is 1.59. The fourth-order valence-electron chi connectivity index (χ4n) is 2.87. The number of nitrogens with zero attached hydrogens (tertiary/aromatic N) is 3. The Balaban J connectivity index is 1.60. The van der Waals surface area contributed by atoms with Crippen LogP contribution in [0.5, 0.6) is 5.75 Å². The monoisotopic (exact) mass is 341 g/mol. The van der Waals surface area contributed by atoms with E-state index >= 15 is 0 Å². The molecular weight excluding hydrogens is 322 g/mol. The minimum atomic E-state index is -0.408. The van der Waals surface area contributed by atoms with Gasteiger partial charge in [0.25, 0.3) is 11.6 Å². The molecule has 0 N–H and O–H groups in total. The number of anilines is 1. The lowest BCUT2D eigenvalue weighted by Crippen LogP contribution is -2.48. The average Bonchev–Trinajstić information content (AvgIpc) is 2.67. The number of hydrogen-bond donors (Lipinski definition) is 0. The van der Waals surface area contributed by atoms with Crippen molar-refractivity contribution in [3.63, 3.8) is 0 Å². The third-order valence-electron chi connectivity index (χ3n) is 4.33. The third-order valence-corrected chi connectivity index (χ3v) is 4.33. The molecule has 1 saturated heterocycles. The van der Waals surface area contributed by atoms with E-state index in [-0.39, 0.29) is 11.6 Å². The first-order valence-corrected chi connectivity index (χ1v) is 8.01. The van der Waals surface area contributed by atoms with Crippen LogP contribution in [-0.2, 0) is 0 Å². The quantitative estimate of drug-likeness (QED) is 0.631. The zero-order valence-electron chi connectivity index (χ0n) is 13.9. The second kappa shape index (κ2) is 7.21. The molecule has 0 radical (unpaired) electrons. The fourth-order valence-corrected chi connectivity index (χ4v) is 2.87. The molecule has 0 saturated carbocycles. The van der Waals surface area contributed by atoms with Crippen LogP contribution in [0.2, 0.25) is 0 Å². The number of hydrogen-bond acceptors (Lipinski definition) is 5. The minimum absolute atomic E-state index is 0.00556. The summed E-state index contributed by atoms with van der Waals surface area (Å²) in [5.74, 6) is 0.727. The topological polar surface area (TPSA) is 75.9 Å². The largest absolute Gasteiger partial charge is 0.497 e. The Morgan fingerprint density at radius 1 is 1.00 bits per heavy atom. The maximum atomic E-state index is 12.6. The highest BCUT2D eigenvalue weighted by Crippen LogP contribution is 2.21. The lowest BCUT2D eigenvalue weighted by atomic mass is 10.1. The molecule has 1 amide bonds. The molecule has 2 aromatic rings. The van der Waals surface area contributed by atoms with Gasteiger partial charge >= 0.3 is 0 Å². The Labute approximate surface area is 145 Å². The van der Waals surface area contributed by atoms with Crippen LogP contribution < -0.4 is 9.64 Å². The van der Waals surface area contributed by atoms with Gasteiger partial charge in [-0.2, -0.15) is 0 Å². The minimum Gasteiger partial charge on any atom is -0.497 e. The molecule has 1 aliphatic rings. The van der Waals surface area contributed by atoms with Crippen molar-refractivity contribution < 1.29 is 14.5 Å². The molecule has 0 aliphatic carbocycles. The smallest absolute Gasteiger partial charge is 0.269 e. The summed E-state index contributed by atoms with van der Waals surface area (Å²) in [5.41, 5.74) is 1.66. The first kappa shape index (κ1) is 16.8. The van der Waals surface area contributed by atoms with Crippen LogP contribution in [0.1, 0.15) is 10.4 Å². The highest BCUT2D eigenvalue weighted by molar-refractivity contribution is 5.94. The van der Waals surface area contributed by atoms with Gasteiger partial charge in [-0.05, 0) is 36.4 Å². The predicted octanol–water partition coefficient (Wildman–Crippen LogP) is 2.57. The van der Waals surface area contributed by atoms with Gasteiger partial charge in [0.05, 0.1) is 12.0 Å². The zero-order chi connectivity index (χ0) is 17.8. The number of methoxy groups -OCH3 is 1. The van der Waals surface area contributed by atoms with Crippen molar-refractivity contribution in [2.24, 2.45) is 0 Å². The number of carbonyl (C=O) groups is 1. The molecule has 0 aromatic heterocycles. The van der Waals surface area contributed by atoms with E-state index in [0.29, 0.717) is 31.7 Å². The van der Waals surface area contributed by atoms with Crippen LogP contribution in [0.25, 0.3) is 0 Å². The third kappa shape index (κ3) is 3.71. The molecule has 7 nitrogen and oxygen atoms in total. The number of nitro benzene ring substituents is 1. The molecule has 3 rings (SSSR count). The van der Waals surface area contributed by atoms with Crippen molar-refractivity contribution in [1.82, 2.24) is 4.90 Å². The van der Waals surface area contributed by atoms with Crippen LogP contribution in [-0.4, -0.2) is 49.0 Å². The van der Waals surface area contributed by atoms with Crippen molar-refractivity contribution in [3.05, 3.63) is 64.2 Å². The van der Waals surface area contributed by atoms with E-state index in [1.54, 1.807) is 43.5 Å². The summed E-state index contributed by atoms with van der Waals surface area (Å²) in [4.78, 5) is 26.8. The summed E-state index contributed by atoms with van der Waals surface area (Å²) in [6.45, 7) is 2.61. The second-order valence-electron chi connectivity index (χ2n) is 5.78. The average molecular weight is 341 g/mol.